The largest absolute Gasteiger partial charge is 0.448 e. The van der Waals surface area contributed by atoms with Gasteiger partial charge in [-0.05, 0) is 41.1 Å². The molecule has 2 heterocycles. The van der Waals surface area contributed by atoms with Crippen molar-refractivity contribution < 1.29 is 17.9 Å². The number of esters is 1. The zero-order valence-electron chi connectivity index (χ0n) is 20.7. The van der Waals surface area contributed by atoms with Crippen molar-refractivity contribution in [2.24, 2.45) is 0 Å². The van der Waals surface area contributed by atoms with Crippen LogP contribution < -0.4 is 0 Å². The number of thiophene rings is 1. The van der Waals surface area contributed by atoms with Crippen molar-refractivity contribution in [1.29, 1.82) is 0 Å². The van der Waals surface area contributed by atoms with Crippen molar-refractivity contribution in [3.8, 4) is 11.8 Å². The van der Waals surface area contributed by atoms with Gasteiger partial charge in [-0.25, -0.2) is 22.2 Å². The third-order valence-electron chi connectivity index (χ3n) is 6.14. The summed E-state index contributed by atoms with van der Waals surface area (Å²) in [6, 6.07) is 27.3. The molecule has 0 aliphatic carbocycles. The lowest BCUT2D eigenvalue weighted by Crippen LogP contribution is -2.14. The van der Waals surface area contributed by atoms with Gasteiger partial charge >= 0.3 is 5.97 Å². The first-order chi connectivity index (χ1) is 19.4. The summed E-state index contributed by atoms with van der Waals surface area (Å²) in [7, 11) is -3.94. The Morgan fingerprint density at radius 1 is 0.950 bits per heavy atom. The van der Waals surface area contributed by atoms with Crippen LogP contribution in [0.25, 0.3) is 31.9 Å². The molecule has 40 heavy (non-hydrogen) atoms. The van der Waals surface area contributed by atoms with Crippen LogP contribution in [0.4, 0.5) is 0 Å². The first kappa shape index (κ1) is 26.4. The molecule has 0 aliphatic rings. The summed E-state index contributed by atoms with van der Waals surface area (Å²) < 4.78 is 35.1. The second-order valence-electron chi connectivity index (χ2n) is 8.62. The molecule has 0 saturated carbocycles. The third kappa shape index (κ3) is 4.95. The van der Waals surface area contributed by atoms with Gasteiger partial charge < -0.3 is 4.74 Å². The summed E-state index contributed by atoms with van der Waals surface area (Å²) in [5, 5.41) is 3.28. The number of fused-ring (bicyclic) bond motifs is 3. The van der Waals surface area contributed by atoms with Gasteiger partial charge in [0.25, 0.3) is 10.0 Å². The van der Waals surface area contributed by atoms with Gasteiger partial charge in [-0.2, -0.15) is 0 Å². The number of aromatic nitrogens is 2. The number of hydrogen-bond acceptors (Lipinski definition) is 7. The molecule has 10 heteroatoms. The molecule has 0 atom stereocenters. The Hall–Kier alpha value is -3.81. The van der Waals surface area contributed by atoms with E-state index in [1.165, 1.54) is 27.1 Å². The minimum absolute atomic E-state index is 0.115. The van der Waals surface area contributed by atoms with Crippen LogP contribution in [0.5, 0.6) is 0 Å². The number of hydrogen-bond donors (Lipinski definition) is 0. The van der Waals surface area contributed by atoms with Crippen LogP contribution in [0, 0.1) is 11.8 Å². The van der Waals surface area contributed by atoms with E-state index in [4.69, 9.17) is 16.3 Å². The Kier molecular flexibility index (Phi) is 7.26. The SMILES string of the molecule is O=C(OCC#CCSc1nc2ccccc2n1S(=O)(=O)c1ccc2ccccc2c1)c1sc2ccccc2c1Cl. The van der Waals surface area contributed by atoms with Crippen molar-refractivity contribution in [2.75, 3.05) is 12.4 Å². The Morgan fingerprint density at radius 2 is 1.70 bits per heavy atom. The van der Waals surface area contributed by atoms with E-state index < -0.39 is 16.0 Å². The highest BCUT2D eigenvalue weighted by atomic mass is 35.5. The Balaban J connectivity index is 1.19. The maximum Gasteiger partial charge on any atom is 0.350 e. The van der Waals surface area contributed by atoms with E-state index in [0.717, 1.165) is 20.9 Å². The lowest BCUT2D eigenvalue weighted by atomic mass is 10.1. The zero-order chi connectivity index (χ0) is 27.7. The highest BCUT2D eigenvalue weighted by Crippen LogP contribution is 2.35. The molecule has 0 spiro atoms. The molecule has 0 amide bonds. The standard InChI is InChI=1S/C30H19ClN2O4S3/c31-27-23-11-3-6-14-26(23)39-28(27)29(34)37-17-7-8-18-38-30-32-24-12-4-5-13-25(24)33(30)40(35,36)22-16-15-20-9-1-2-10-21(20)19-22/h1-6,9-16,19H,17-18H2. The molecule has 0 bridgehead atoms. The monoisotopic (exact) mass is 602 g/mol. The molecule has 6 aromatic rings. The van der Waals surface area contributed by atoms with Crippen LogP contribution in [0.15, 0.2) is 101 Å². The number of para-hydroxylation sites is 2. The molecule has 6 rings (SSSR count). The normalized spacial score (nSPS) is 11.5. The molecule has 0 unspecified atom stereocenters. The van der Waals surface area contributed by atoms with E-state index in [1.807, 2.05) is 54.6 Å². The molecular formula is C30H19ClN2O4S3. The first-order valence-corrected chi connectivity index (χ1v) is 15.7. The summed E-state index contributed by atoms with van der Waals surface area (Å²) in [6.45, 7) is -0.115. The summed E-state index contributed by atoms with van der Waals surface area (Å²) in [4.78, 5) is 17.6. The first-order valence-electron chi connectivity index (χ1n) is 12.1. The van der Waals surface area contributed by atoms with Gasteiger partial charge in [0.2, 0.25) is 0 Å². The number of halogens is 1. The lowest BCUT2D eigenvalue weighted by Gasteiger charge is -2.10. The molecule has 0 N–H and O–H groups in total. The zero-order valence-corrected chi connectivity index (χ0v) is 23.9. The van der Waals surface area contributed by atoms with Gasteiger partial charge in [-0.3, -0.25) is 0 Å². The molecule has 0 aliphatic heterocycles. The van der Waals surface area contributed by atoms with Crippen molar-refractivity contribution >= 4 is 82.6 Å². The third-order valence-corrected chi connectivity index (χ3v) is 10.4. The fourth-order valence-corrected chi connectivity index (χ4v) is 8.18. The van der Waals surface area contributed by atoms with E-state index in [9.17, 15) is 13.2 Å². The quantitative estimate of drug-likeness (QED) is 0.114. The maximum atomic E-state index is 13.8. The Bertz CT molecular complexity index is 2090. The number of ether oxygens (including phenoxy) is 1. The van der Waals surface area contributed by atoms with Crippen molar-refractivity contribution in [1.82, 2.24) is 8.96 Å². The molecule has 198 valence electrons. The fraction of sp³-hybridized carbons (Fsp3) is 0.0667. The van der Waals surface area contributed by atoms with Crippen LogP contribution in [0.1, 0.15) is 9.67 Å². The average Bonchev–Trinajstić information content (AvgIpc) is 3.52. The number of thioether (sulfide) groups is 1. The summed E-state index contributed by atoms with van der Waals surface area (Å²) in [5.74, 6) is 5.46. The summed E-state index contributed by atoms with van der Waals surface area (Å²) in [6.07, 6.45) is 0. The van der Waals surface area contributed by atoms with E-state index in [0.29, 0.717) is 26.1 Å². The Labute approximate surface area is 243 Å². The topological polar surface area (TPSA) is 78.3 Å². The average molecular weight is 603 g/mol. The molecule has 0 saturated heterocycles. The summed E-state index contributed by atoms with van der Waals surface area (Å²) >= 11 is 8.83. The predicted molar refractivity (Wildman–Crippen MR) is 162 cm³/mol. The summed E-state index contributed by atoms with van der Waals surface area (Å²) in [5.41, 5.74) is 1.05. The minimum Gasteiger partial charge on any atom is -0.448 e. The number of carbonyl (C=O) groups is 1. The van der Waals surface area contributed by atoms with E-state index in [2.05, 4.69) is 16.8 Å². The van der Waals surface area contributed by atoms with Crippen LogP contribution >= 0.6 is 34.7 Å². The number of rotatable bonds is 6. The van der Waals surface area contributed by atoms with E-state index >= 15 is 0 Å². The van der Waals surface area contributed by atoms with Gasteiger partial charge in [0.15, 0.2) is 11.8 Å². The van der Waals surface area contributed by atoms with Crippen molar-refractivity contribution in [2.45, 2.75) is 10.1 Å². The van der Waals surface area contributed by atoms with Crippen LogP contribution in [-0.4, -0.2) is 35.7 Å². The highest BCUT2D eigenvalue weighted by molar-refractivity contribution is 8.00. The number of benzene rings is 4. The second-order valence-corrected chi connectivity index (χ2v) is 12.8. The number of imidazole rings is 1. The van der Waals surface area contributed by atoms with E-state index in [-0.39, 0.29) is 17.3 Å². The van der Waals surface area contributed by atoms with E-state index in [1.54, 1.807) is 36.4 Å². The van der Waals surface area contributed by atoms with Crippen LogP contribution in [0.2, 0.25) is 5.02 Å². The van der Waals surface area contributed by atoms with Crippen molar-refractivity contribution in [3.05, 3.63) is 101 Å². The molecule has 6 nitrogen and oxygen atoms in total. The molecule has 4 aromatic carbocycles. The smallest absolute Gasteiger partial charge is 0.350 e. The van der Waals surface area contributed by atoms with Crippen LogP contribution in [-0.2, 0) is 14.8 Å². The molecular weight excluding hydrogens is 584 g/mol. The maximum absolute atomic E-state index is 13.8. The van der Waals surface area contributed by atoms with Gasteiger partial charge in [0.1, 0.15) is 4.88 Å². The van der Waals surface area contributed by atoms with Gasteiger partial charge in [-0.1, -0.05) is 95.9 Å². The predicted octanol–water partition coefficient (Wildman–Crippen LogP) is 7.25. The number of carbonyl (C=O) groups excluding carboxylic acids is 1. The Morgan fingerprint density at radius 3 is 2.55 bits per heavy atom. The lowest BCUT2D eigenvalue weighted by molar-refractivity contribution is 0.0562. The van der Waals surface area contributed by atoms with Gasteiger partial charge in [0, 0.05) is 10.1 Å². The van der Waals surface area contributed by atoms with Gasteiger partial charge in [0.05, 0.1) is 26.7 Å². The fourth-order valence-electron chi connectivity index (χ4n) is 4.25. The van der Waals surface area contributed by atoms with Crippen LogP contribution in [0.3, 0.4) is 0 Å². The second kappa shape index (κ2) is 11.0. The number of nitrogens with zero attached hydrogens (tertiary/aromatic N) is 2. The highest BCUT2D eigenvalue weighted by Gasteiger charge is 2.25. The minimum atomic E-state index is -3.94. The van der Waals surface area contributed by atoms with Gasteiger partial charge in [-0.15, -0.1) is 11.3 Å². The van der Waals surface area contributed by atoms with Crippen molar-refractivity contribution in [3.63, 3.8) is 0 Å². The molecule has 0 radical (unpaired) electrons. The molecule has 0 fully saturated rings. The molecule has 2 aromatic heterocycles.